The predicted octanol–water partition coefficient (Wildman–Crippen LogP) is 2.17. The number of ether oxygens (including phenoxy) is 2. The van der Waals surface area contributed by atoms with E-state index in [0.29, 0.717) is 0 Å². The number of methoxy groups -OCH3 is 2. The maximum absolute atomic E-state index is 5.99. The van der Waals surface area contributed by atoms with Gasteiger partial charge < -0.3 is 15.2 Å². The van der Waals surface area contributed by atoms with E-state index < -0.39 is 0 Å². The van der Waals surface area contributed by atoms with Gasteiger partial charge in [0.05, 0.1) is 0 Å². The van der Waals surface area contributed by atoms with E-state index in [2.05, 4.69) is 0 Å². The maximum atomic E-state index is 5.99. The van der Waals surface area contributed by atoms with Gasteiger partial charge in [-0.2, -0.15) is 0 Å². The molecule has 1 aromatic rings. The summed E-state index contributed by atoms with van der Waals surface area (Å²) in [6.07, 6.45) is -0.306. The molecule has 0 saturated heterocycles. The summed E-state index contributed by atoms with van der Waals surface area (Å²) < 4.78 is 10.3. The maximum Gasteiger partial charge on any atom is 0.183 e. The molecule has 0 aliphatic carbocycles. The Hall–Kier alpha value is -0.900. The van der Waals surface area contributed by atoms with Crippen LogP contribution in [-0.4, -0.2) is 14.2 Å². The number of benzene rings is 1. The molecular weight excluding hydrogens is 190 g/mol. The Balaban J connectivity index is 2.89. The van der Waals surface area contributed by atoms with E-state index >= 15 is 0 Å². The highest BCUT2D eigenvalue weighted by Gasteiger charge is 2.15. The van der Waals surface area contributed by atoms with Crippen LogP contribution in [0.3, 0.4) is 0 Å². The highest BCUT2D eigenvalue weighted by Crippen LogP contribution is 2.21. The molecular formula is C12H19NO2. The third-order valence-corrected chi connectivity index (χ3v) is 2.36. The molecule has 2 N–H and O–H groups in total. The van der Waals surface area contributed by atoms with Crippen LogP contribution in [-0.2, 0) is 15.0 Å². The van der Waals surface area contributed by atoms with E-state index in [9.17, 15) is 0 Å². The van der Waals surface area contributed by atoms with E-state index in [-0.39, 0.29) is 11.8 Å². The Kier molecular flexibility index (Phi) is 3.85. The lowest BCUT2D eigenvalue weighted by atomic mass is 9.95. The molecule has 0 radical (unpaired) electrons. The highest BCUT2D eigenvalue weighted by atomic mass is 16.7. The van der Waals surface area contributed by atoms with Gasteiger partial charge in [0.25, 0.3) is 0 Å². The smallest absolute Gasteiger partial charge is 0.183 e. The van der Waals surface area contributed by atoms with Gasteiger partial charge in [-0.15, -0.1) is 0 Å². The van der Waals surface area contributed by atoms with Crippen molar-refractivity contribution in [2.45, 2.75) is 25.7 Å². The van der Waals surface area contributed by atoms with Crippen molar-refractivity contribution in [3.05, 3.63) is 35.4 Å². The van der Waals surface area contributed by atoms with Crippen molar-refractivity contribution in [1.82, 2.24) is 0 Å². The van der Waals surface area contributed by atoms with Gasteiger partial charge in [0.2, 0.25) is 0 Å². The second-order valence-corrected chi connectivity index (χ2v) is 4.15. The molecule has 0 atom stereocenters. The fourth-order valence-corrected chi connectivity index (χ4v) is 1.44. The van der Waals surface area contributed by atoms with Gasteiger partial charge >= 0.3 is 0 Å². The van der Waals surface area contributed by atoms with E-state index in [0.717, 1.165) is 11.1 Å². The number of hydrogen-bond donors (Lipinski definition) is 1. The van der Waals surface area contributed by atoms with Gasteiger partial charge in [0, 0.05) is 25.3 Å². The second-order valence-electron chi connectivity index (χ2n) is 4.15. The minimum atomic E-state index is -0.311. The van der Waals surface area contributed by atoms with Gasteiger partial charge in [0.15, 0.2) is 6.29 Å². The number of hydrogen-bond acceptors (Lipinski definition) is 3. The molecule has 0 unspecified atom stereocenters. The summed E-state index contributed by atoms with van der Waals surface area (Å²) in [6.45, 7) is 3.96. The third-order valence-electron chi connectivity index (χ3n) is 2.36. The average molecular weight is 209 g/mol. The molecule has 0 aromatic heterocycles. The zero-order valence-corrected chi connectivity index (χ0v) is 9.78. The van der Waals surface area contributed by atoms with Crippen molar-refractivity contribution < 1.29 is 9.47 Å². The molecule has 0 bridgehead atoms. The number of nitrogens with two attached hydrogens (primary N) is 1. The summed E-state index contributed by atoms with van der Waals surface area (Å²) in [7, 11) is 3.24. The van der Waals surface area contributed by atoms with Crippen LogP contribution in [0.2, 0.25) is 0 Å². The first-order valence-electron chi connectivity index (χ1n) is 4.94. The van der Waals surface area contributed by atoms with Gasteiger partial charge in [-0.3, -0.25) is 0 Å². The standard InChI is InChI=1S/C12H19NO2/c1-12(2,13)10-7-5-9(6-8-10)11(14-3)15-4/h5-8,11H,13H2,1-4H3. The second kappa shape index (κ2) is 4.75. The van der Waals surface area contributed by atoms with Crippen molar-refractivity contribution in [2.75, 3.05) is 14.2 Å². The van der Waals surface area contributed by atoms with Gasteiger partial charge in [0.1, 0.15) is 0 Å². The molecule has 0 spiro atoms. The monoisotopic (exact) mass is 209 g/mol. The highest BCUT2D eigenvalue weighted by molar-refractivity contribution is 5.27. The van der Waals surface area contributed by atoms with Crippen LogP contribution < -0.4 is 5.73 Å². The molecule has 0 heterocycles. The van der Waals surface area contributed by atoms with Crippen LogP contribution in [0.15, 0.2) is 24.3 Å². The zero-order chi connectivity index (χ0) is 11.5. The van der Waals surface area contributed by atoms with Gasteiger partial charge in [-0.05, 0) is 19.4 Å². The molecule has 0 saturated carbocycles. The van der Waals surface area contributed by atoms with E-state index in [4.69, 9.17) is 15.2 Å². The molecule has 3 heteroatoms. The lowest BCUT2D eigenvalue weighted by Crippen LogP contribution is -2.28. The fourth-order valence-electron chi connectivity index (χ4n) is 1.44. The minimum absolute atomic E-state index is 0.306. The Morgan fingerprint density at radius 3 is 1.87 bits per heavy atom. The molecule has 0 amide bonds. The predicted molar refractivity (Wildman–Crippen MR) is 60.4 cm³/mol. The quantitative estimate of drug-likeness (QED) is 0.773. The molecule has 1 aromatic carbocycles. The topological polar surface area (TPSA) is 44.5 Å². The number of rotatable bonds is 4. The van der Waals surface area contributed by atoms with E-state index in [1.165, 1.54) is 0 Å². The summed E-state index contributed by atoms with van der Waals surface area (Å²) in [5.41, 5.74) is 7.76. The summed E-state index contributed by atoms with van der Waals surface area (Å²) >= 11 is 0. The normalized spacial score (nSPS) is 12.1. The van der Waals surface area contributed by atoms with Crippen molar-refractivity contribution in [3.8, 4) is 0 Å². The van der Waals surface area contributed by atoms with Crippen molar-refractivity contribution in [3.63, 3.8) is 0 Å². The first-order valence-corrected chi connectivity index (χ1v) is 4.94. The summed E-state index contributed by atoms with van der Waals surface area (Å²) in [4.78, 5) is 0. The first kappa shape index (κ1) is 12.2. The van der Waals surface area contributed by atoms with Crippen LogP contribution >= 0.6 is 0 Å². The molecule has 15 heavy (non-hydrogen) atoms. The van der Waals surface area contributed by atoms with Gasteiger partial charge in [-0.25, -0.2) is 0 Å². The van der Waals surface area contributed by atoms with Crippen LogP contribution in [0.5, 0.6) is 0 Å². The lowest BCUT2D eigenvalue weighted by Gasteiger charge is -2.20. The van der Waals surface area contributed by atoms with Crippen molar-refractivity contribution in [2.24, 2.45) is 5.73 Å². The van der Waals surface area contributed by atoms with E-state index in [1.807, 2.05) is 38.1 Å². The average Bonchev–Trinajstić information content (AvgIpc) is 2.19. The first-order chi connectivity index (χ1) is 6.99. The summed E-state index contributed by atoms with van der Waals surface area (Å²) in [5, 5.41) is 0. The van der Waals surface area contributed by atoms with E-state index in [1.54, 1.807) is 14.2 Å². The lowest BCUT2D eigenvalue weighted by molar-refractivity contribution is -0.106. The molecule has 3 nitrogen and oxygen atoms in total. The largest absolute Gasteiger partial charge is 0.352 e. The third kappa shape index (κ3) is 3.02. The molecule has 0 aliphatic heterocycles. The van der Waals surface area contributed by atoms with Crippen molar-refractivity contribution >= 4 is 0 Å². The Labute approximate surface area is 91.2 Å². The zero-order valence-electron chi connectivity index (χ0n) is 9.78. The Morgan fingerprint density at radius 1 is 1.07 bits per heavy atom. The molecule has 1 rings (SSSR count). The summed E-state index contributed by atoms with van der Waals surface area (Å²) in [5.74, 6) is 0. The Morgan fingerprint density at radius 2 is 1.53 bits per heavy atom. The fraction of sp³-hybridized carbons (Fsp3) is 0.500. The SMILES string of the molecule is COC(OC)c1ccc(C(C)(C)N)cc1. The van der Waals surface area contributed by atoms with Crippen LogP contribution in [0.4, 0.5) is 0 Å². The molecule has 0 aliphatic rings. The van der Waals surface area contributed by atoms with Crippen LogP contribution in [0, 0.1) is 0 Å². The summed E-state index contributed by atoms with van der Waals surface area (Å²) in [6, 6.07) is 7.95. The molecule has 84 valence electrons. The van der Waals surface area contributed by atoms with Crippen LogP contribution in [0.25, 0.3) is 0 Å². The minimum Gasteiger partial charge on any atom is -0.352 e. The van der Waals surface area contributed by atoms with Gasteiger partial charge in [-0.1, -0.05) is 24.3 Å². The van der Waals surface area contributed by atoms with Crippen LogP contribution in [0.1, 0.15) is 31.3 Å². The van der Waals surface area contributed by atoms with Crippen molar-refractivity contribution in [1.29, 1.82) is 0 Å². The molecule has 0 fully saturated rings. The Bertz CT molecular complexity index is 296.